The molecule has 23 heavy (non-hydrogen) atoms. The van der Waals surface area contributed by atoms with E-state index in [1.54, 1.807) is 26.1 Å². The highest BCUT2D eigenvalue weighted by Gasteiger charge is 2.19. The number of amides is 1. The van der Waals surface area contributed by atoms with Gasteiger partial charge >= 0.3 is 0 Å². The van der Waals surface area contributed by atoms with E-state index in [9.17, 15) is 4.79 Å². The first-order valence-corrected chi connectivity index (χ1v) is 8.00. The van der Waals surface area contributed by atoms with E-state index in [2.05, 4.69) is 9.80 Å². The lowest BCUT2D eigenvalue weighted by Gasteiger charge is -2.34. The van der Waals surface area contributed by atoms with Gasteiger partial charge in [-0.05, 0) is 24.3 Å². The Balaban J connectivity index is 1.63. The van der Waals surface area contributed by atoms with Gasteiger partial charge in [0.1, 0.15) is 18.1 Å². The summed E-state index contributed by atoms with van der Waals surface area (Å²) in [6.45, 7) is 5.91. The van der Waals surface area contributed by atoms with Crippen LogP contribution in [0, 0.1) is 0 Å². The highest BCUT2D eigenvalue weighted by molar-refractivity contribution is 5.77. The topological polar surface area (TPSA) is 45.3 Å². The summed E-state index contributed by atoms with van der Waals surface area (Å²) in [6, 6.07) is 7.64. The fourth-order valence-electron chi connectivity index (χ4n) is 2.47. The lowest BCUT2D eigenvalue weighted by molar-refractivity contribution is -0.130. The van der Waals surface area contributed by atoms with Crippen LogP contribution in [-0.2, 0) is 4.79 Å². The van der Waals surface area contributed by atoms with Crippen LogP contribution in [0.5, 0.6) is 11.5 Å². The van der Waals surface area contributed by atoms with Crippen molar-refractivity contribution in [2.75, 3.05) is 67.1 Å². The average molecular weight is 321 g/mol. The molecule has 0 atom stereocenters. The second-order valence-electron chi connectivity index (χ2n) is 5.93. The van der Waals surface area contributed by atoms with Crippen LogP contribution in [0.3, 0.4) is 0 Å². The van der Waals surface area contributed by atoms with E-state index in [-0.39, 0.29) is 5.91 Å². The van der Waals surface area contributed by atoms with Gasteiger partial charge in [0.05, 0.1) is 13.7 Å². The molecule has 1 amide bonds. The molecule has 1 saturated heterocycles. The zero-order chi connectivity index (χ0) is 16.7. The Morgan fingerprint density at radius 1 is 1.04 bits per heavy atom. The van der Waals surface area contributed by atoms with Crippen LogP contribution in [0.1, 0.15) is 0 Å². The summed E-state index contributed by atoms with van der Waals surface area (Å²) in [4.78, 5) is 17.9. The third-order valence-corrected chi connectivity index (χ3v) is 4.06. The van der Waals surface area contributed by atoms with Crippen LogP contribution in [0.25, 0.3) is 0 Å². The zero-order valence-corrected chi connectivity index (χ0v) is 14.3. The molecule has 1 aliphatic heterocycles. The van der Waals surface area contributed by atoms with Crippen LogP contribution in [0.15, 0.2) is 24.3 Å². The third-order valence-electron chi connectivity index (χ3n) is 4.06. The molecule has 1 aliphatic rings. The number of likely N-dealkylation sites (N-methyl/N-ethyl adjacent to an activating group) is 1. The molecule has 1 aromatic carbocycles. The Labute approximate surface area is 138 Å². The summed E-state index contributed by atoms with van der Waals surface area (Å²) < 4.78 is 10.9. The summed E-state index contributed by atoms with van der Waals surface area (Å²) in [7, 11) is 5.26. The first kappa shape index (κ1) is 17.6. The lowest BCUT2D eigenvalue weighted by Crippen LogP contribution is -2.50. The SMILES string of the molecule is COc1ccc(OCCN2CCN(CC(=O)N(C)C)CC2)cc1. The fourth-order valence-corrected chi connectivity index (χ4v) is 2.47. The van der Waals surface area contributed by atoms with Gasteiger partial charge < -0.3 is 14.4 Å². The van der Waals surface area contributed by atoms with Gasteiger partial charge in [0.25, 0.3) is 0 Å². The quantitative estimate of drug-likeness (QED) is 0.743. The Morgan fingerprint density at radius 3 is 2.17 bits per heavy atom. The first-order chi connectivity index (χ1) is 11.1. The van der Waals surface area contributed by atoms with Gasteiger partial charge in [0, 0.05) is 46.8 Å². The number of nitrogens with zero attached hydrogens (tertiary/aromatic N) is 3. The molecule has 128 valence electrons. The largest absolute Gasteiger partial charge is 0.497 e. The summed E-state index contributed by atoms with van der Waals surface area (Å²) in [5.41, 5.74) is 0. The number of carbonyl (C=O) groups is 1. The Bertz CT molecular complexity index is 482. The Morgan fingerprint density at radius 2 is 1.61 bits per heavy atom. The molecule has 1 fully saturated rings. The van der Waals surface area contributed by atoms with E-state index >= 15 is 0 Å². The minimum atomic E-state index is 0.168. The van der Waals surface area contributed by atoms with Crippen molar-refractivity contribution in [1.29, 1.82) is 0 Å². The predicted octanol–water partition coefficient (Wildman–Crippen LogP) is 0.780. The number of piperazine rings is 1. The third kappa shape index (κ3) is 5.73. The molecule has 0 N–H and O–H groups in total. The van der Waals surface area contributed by atoms with Gasteiger partial charge in [-0.2, -0.15) is 0 Å². The van der Waals surface area contributed by atoms with Crippen molar-refractivity contribution in [1.82, 2.24) is 14.7 Å². The molecule has 6 nitrogen and oxygen atoms in total. The minimum absolute atomic E-state index is 0.168. The summed E-state index contributed by atoms with van der Waals surface area (Å²) in [5.74, 6) is 1.86. The van der Waals surface area contributed by atoms with Crippen molar-refractivity contribution in [3.8, 4) is 11.5 Å². The Hall–Kier alpha value is -1.79. The van der Waals surface area contributed by atoms with Gasteiger partial charge in [-0.25, -0.2) is 0 Å². The van der Waals surface area contributed by atoms with Crippen LogP contribution in [0.4, 0.5) is 0 Å². The zero-order valence-electron chi connectivity index (χ0n) is 14.3. The van der Waals surface area contributed by atoms with Crippen molar-refractivity contribution < 1.29 is 14.3 Å². The van der Waals surface area contributed by atoms with Crippen LogP contribution >= 0.6 is 0 Å². The molecule has 0 aliphatic carbocycles. The highest BCUT2D eigenvalue weighted by Crippen LogP contribution is 2.16. The van der Waals surface area contributed by atoms with Crippen molar-refractivity contribution in [2.24, 2.45) is 0 Å². The lowest BCUT2D eigenvalue weighted by atomic mass is 10.3. The molecule has 1 heterocycles. The number of ether oxygens (including phenoxy) is 2. The molecule has 0 saturated carbocycles. The number of hydrogen-bond acceptors (Lipinski definition) is 5. The maximum atomic E-state index is 11.7. The van der Waals surface area contributed by atoms with E-state index in [1.807, 2.05) is 24.3 Å². The van der Waals surface area contributed by atoms with Gasteiger partial charge in [0.15, 0.2) is 0 Å². The number of rotatable bonds is 7. The fraction of sp³-hybridized carbons (Fsp3) is 0.588. The molecule has 0 aromatic heterocycles. The molecule has 6 heteroatoms. The van der Waals surface area contributed by atoms with E-state index in [4.69, 9.17) is 9.47 Å². The molecular weight excluding hydrogens is 294 g/mol. The normalized spacial score (nSPS) is 16.1. The van der Waals surface area contributed by atoms with Gasteiger partial charge in [-0.3, -0.25) is 14.6 Å². The predicted molar refractivity (Wildman–Crippen MR) is 90.1 cm³/mol. The van der Waals surface area contributed by atoms with E-state index in [0.717, 1.165) is 44.2 Å². The number of benzene rings is 1. The second kappa shape index (κ2) is 8.74. The van der Waals surface area contributed by atoms with E-state index < -0.39 is 0 Å². The minimum Gasteiger partial charge on any atom is -0.497 e. The van der Waals surface area contributed by atoms with Gasteiger partial charge in [-0.1, -0.05) is 0 Å². The van der Waals surface area contributed by atoms with Crippen molar-refractivity contribution in [2.45, 2.75) is 0 Å². The standard InChI is InChI=1S/C17H27N3O3/c1-18(2)17(21)14-20-10-8-19(9-11-20)12-13-23-16-6-4-15(22-3)5-7-16/h4-7H,8-14H2,1-3H3. The molecule has 2 rings (SSSR count). The van der Waals surface area contributed by atoms with Crippen LogP contribution < -0.4 is 9.47 Å². The van der Waals surface area contributed by atoms with Crippen LogP contribution in [-0.4, -0.2) is 87.7 Å². The number of methoxy groups -OCH3 is 1. The van der Waals surface area contributed by atoms with Gasteiger partial charge in [0.2, 0.25) is 5.91 Å². The summed E-state index contributed by atoms with van der Waals surface area (Å²) in [6.07, 6.45) is 0. The maximum Gasteiger partial charge on any atom is 0.236 e. The van der Waals surface area contributed by atoms with Gasteiger partial charge in [-0.15, -0.1) is 0 Å². The first-order valence-electron chi connectivity index (χ1n) is 8.00. The number of hydrogen-bond donors (Lipinski definition) is 0. The van der Waals surface area contributed by atoms with Crippen molar-refractivity contribution in [3.05, 3.63) is 24.3 Å². The highest BCUT2D eigenvalue weighted by atomic mass is 16.5. The molecule has 1 aromatic rings. The molecule has 0 radical (unpaired) electrons. The van der Waals surface area contributed by atoms with Crippen molar-refractivity contribution in [3.63, 3.8) is 0 Å². The summed E-state index contributed by atoms with van der Waals surface area (Å²) >= 11 is 0. The maximum absolute atomic E-state index is 11.7. The molecule has 0 bridgehead atoms. The summed E-state index contributed by atoms with van der Waals surface area (Å²) in [5, 5.41) is 0. The van der Waals surface area contributed by atoms with E-state index in [1.165, 1.54) is 0 Å². The average Bonchev–Trinajstić information content (AvgIpc) is 2.57. The monoisotopic (exact) mass is 321 g/mol. The molecule has 0 spiro atoms. The Kier molecular flexibility index (Phi) is 6.67. The molecular formula is C17H27N3O3. The number of carbonyl (C=O) groups excluding carboxylic acids is 1. The van der Waals surface area contributed by atoms with Crippen molar-refractivity contribution >= 4 is 5.91 Å². The smallest absolute Gasteiger partial charge is 0.236 e. The van der Waals surface area contributed by atoms with Crippen LogP contribution in [0.2, 0.25) is 0 Å². The van der Waals surface area contributed by atoms with E-state index in [0.29, 0.717) is 13.2 Å². The second-order valence-corrected chi connectivity index (χ2v) is 5.93. The molecule has 0 unspecified atom stereocenters.